The Hall–Kier alpha value is -1.64. The number of rotatable bonds is 6. The average molecular weight is 269 g/mol. The third-order valence-corrected chi connectivity index (χ3v) is 3.53. The maximum Gasteiger partial charge on any atom is 0.0492 e. The average Bonchev–Trinajstić information content (AvgIpc) is 2.47. The predicted molar refractivity (Wildman–Crippen MR) is 82.7 cm³/mol. The van der Waals surface area contributed by atoms with E-state index in [4.69, 9.17) is 0 Å². The molecule has 2 aromatic carbocycles. The fourth-order valence-corrected chi connectivity index (χ4v) is 2.37. The van der Waals surface area contributed by atoms with Crippen molar-refractivity contribution in [3.05, 3.63) is 70.8 Å². The maximum atomic E-state index is 10.1. The van der Waals surface area contributed by atoms with Gasteiger partial charge >= 0.3 is 0 Å². The molecule has 0 aliphatic rings. The summed E-state index contributed by atoms with van der Waals surface area (Å²) in [5, 5.41) is 11.5. The van der Waals surface area contributed by atoms with Gasteiger partial charge in [-0.25, -0.2) is 0 Å². The molecule has 0 bridgehead atoms. The standard InChI is InChI=1S/C18H23NO/c1-3-15-7-5-9-17(11-15)13-19(20)14-18-10-6-8-16(4-2)12-18/h5-12,20H,3-4,13-14H2,1-2H3. The van der Waals surface area contributed by atoms with Gasteiger partial charge in [-0.1, -0.05) is 62.4 Å². The zero-order chi connectivity index (χ0) is 14.4. The first-order chi connectivity index (χ1) is 9.71. The molecule has 0 saturated heterocycles. The van der Waals surface area contributed by atoms with Crippen molar-refractivity contribution in [3.63, 3.8) is 0 Å². The Morgan fingerprint density at radius 1 is 0.750 bits per heavy atom. The molecule has 2 aromatic rings. The van der Waals surface area contributed by atoms with Crippen LogP contribution in [0.15, 0.2) is 48.5 Å². The van der Waals surface area contributed by atoms with Crippen LogP contribution in [-0.4, -0.2) is 10.3 Å². The zero-order valence-electron chi connectivity index (χ0n) is 12.3. The van der Waals surface area contributed by atoms with Crippen LogP contribution in [0.1, 0.15) is 36.1 Å². The van der Waals surface area contributed by atoms with Crippen LogP contribution in [0.4, 0.5) is 0 Å². The number of hydrogen-bond donors (Lipinski definition) is 1. The van der Waals surface area contributed by atoms with Crippen molar-refractivity contribution >= 4 is 0 Å². The third-order valence-electron chi connectivity index (χ3n) is 3.53. The van der Waals surface area contributed by atoms with Crippen LogP contribution in [-0.2, 0) is 25.9 Å². The van der Waals surface area contributed by atoms with E-state index < -0.39 is 0 Å². The Kier molecular flexibility index (Phi) is 5.33. The van der Waals surface area contributed by atoms with Crippen molar-refractivity contribution < 1.29 is 5.21 Å². The second-order valence-corrected chi connectivity index (χ2v) is 5.17. The molecule has 20 heavy (non-hydrogen) atoms. The molecule has 1 N–H and O–H groups in total. The van der Waals surface area contributed by atoms with Crippen LogP contribution in [0.25, 0.3) is 0 Å². The van der Waals surface area contributed by atoms with Crippen LogP contribution in [0.3, 0.4) is 0 Å². The summed E-state index contributed by atoms with van der Waals surface area (Å²) in [7, 11) is 0. The predicted octanol–water partition coefficient (Wildman–Crippen LogP) is 4.20. The van der Waals surface area contributed by atoms with Gasteiger partial charge in [-0.2, -0.15) is 5.06 Å². The van der Waals surface area contributed by atoms with E-state index in [2.05, 4.69) is 62.4 Å². The Balaban J connectivity index is 1.99. The molecule has 0 saturated carbocycles. The van der Waals surface area contributed by atoms with E-state index in [0.29, 0.717) is 13.1 Å². The van der Waals surface area contributed by atoms with Crippen LogP contribution < -0.4 is 0 Å². The summed E-state index contributed by atoms with van der Waals surface area (Å²) in [5.74, 6) is 0. The van der Waals surface area contributed by atoms with Gasteiger partial charge in [0.25, 0.3) is 0 Å². The summed E-state index contributed by atoms with van der Waals surface area (Å²) >= 11 is 0. The molecule has 0 radical (unpaired) electrons. The first-order valence-electron chi connectivity index (χ1n) is 7.30. The van der Waals surface area contributed by atoms with Crippen molar-refractivity contribution in [2.75, 3.05) is 0 Å². The summed E-state index contributed by atoms with van der Waals surface area (Å²) in [4.78, 5) is 0. The minimum Gasteiger partial charge on any atom is -0.313 e. The molecule has 0 aromatic heterocycles. The van der Waals surface area contributed by atoms with Crippen molar-refractivity contribution in [1.82, 2.24) is 5.06 Å². The molecule has 0 aliphatic carbocycles. The Bertz CT molecular complexity index is 501. The fraction of sp³-hybridized carbons (Fsp3) is 0.333. The number of hydrogen-bond acceptors (Lipinski definition) is 2. The molecular weight excluding hydrogens is 246 g/mol. The molecule has 0 unspecified atom stereocenters. The van der Waals surface area contributed by atoms with Crippen LogP contribution in [0, 0.1) is 0 Å². The molecule has 0 amide bonds. The van der Waals surface area contributed by atoms with Gasteiger partial charge in [0, 0.05) is 13.1 Å². The summed E-state index contributed by atoms with van der Waals surface area (Å²) < 4.78 is 0. The highest BCUT2D eigenvalue weighted by Gasteiger charge is 2.05. The van der Waals surface area contributed by atoms with E-state index in [1.807, 2.05) is 0 Å². The highest BCUT2D eigenvalue weighted by atomic mass is 16.5. The minimum absolute atomic E-state index is 0.560. The normalized spacial score (nSPS) is 11.0. The lowest BCUT2D eigenvalue weighted by Crippen LogP contribution is -2.18. The van der Waals surface area contributed by atoms with Gasteiger partial charge in [-0.05, 0) is 35.1 Å². The van der Waals surface area contributed by atoms with Gasteiger partial charge in [-0.15, -0.1) is 0 Å². The molecular formula is C18H23NO. The summed E-state index contributed by atoms with van der Waals surface area (Å²) in [6, 6.07) is 16.8. The molecule has 106 valence electrons. The van der Waals surface area contributed by atoms with Crippen LogP contribution in [0.5, 0.6) is 0 Å². The van der Waals surface area contributed by atoms with E-state index in [1.165, 1.54) is 16.2 Å². The SMILES string of the molecule is CCc1cccc(CN(O)Cc2cccc(CC)c2)c1. The minimum atomic E-state index is 0.560. The Labute approximate surface area is 121 Å². The number of nitrogens with zero attached hydrogens (tertiary/aromatic N) is 1. The van der Waals surface area contributed by atoms with Gasteiger partial charge in [0.1, 0.15) is 0 Å². The topological polar surface area (TPSA) is 23.5 Å². The lowest BCUT2D eigenvalue weighted by molar-refractivity contribution is -0.108. The highest BCUT2D eigenvalue weighted by molar-refractivity contribution is 5.25. The molecule has 0 heterocycles. The quantitative estimate of drug-likeness (QED) is 0.794. The molecule has 2 heteroatoms. The molecule has 0 atom stereocenters. The Morgan fingerprint density at radius 2 is 1.15 bits per heavy atom. The monoisotopic (exact) mass is 269 g/mol. The maximum absolute atomic E-state index is 10.1. The summed E-state index contributed by atoms with van der Waals surface area (Å²) in [6.45, 7) is 5.41. The van der Waals surface area contributed by atoms with Crippen LogP contribution >= 0.6 is 0 Å². The van der Waals surface area contributed by atoms with Gasteiger partial charge in [0.15, 0.2) is 0 Å². The number of hydroxylamine groups is 2. The van der Waals surface area contributed by atoms with Crippen molar-refractivity contribution in [3.8, 4) is 0 Å². The number of aryl methyl sites for hydroxylation is 2. The lowest BCUT2D eigenvalue weighted by atomic mass is 10.1. The summed E-state index contributed by atoms with van der Waals surface area (Å²) in [6.07, 6.45) is 2.05. The fourth-order valence-electron chi connectivity index (χ4n) is 2.37. The molecule has 0 aliphatic heterocycles. The molecule has 0 fully saturated rings. The lowest BCUT2D eigenvalue weighted by Gasteiger charge is -2.16. The smallest absolute Gasteiger partial charge is 0.0492 e. The van der Waals surface area contributed by atoms with Crippen molar-refractivity contribution in [1.29, 1.82) is 0 Å². The number of benzene rings is 2. The zero-order valence-corrected chi connectivity index (χ0v) is 12.3. The van der Waals surface area contributed by atoms with Gasteiger partial charge in [0.05, 0.1) is 0 Å². The second-order valence-electron chi connectivity index (χ2n) is 5.17. The molecule has 0 spiro atoms. The second kappa shape index (κ2) is 7.22. The van der Waals surface area contributed by atoms with Gasteiger partial charge in [0.2, 0.25) is 0 Å². The van der Waals surface area contributed by atoms with E-state index in [-0.39, 0.29) is 0 Å². The molecule has 2 rings (SSSR count). The first kappa shape index (κ1) is 14.8. The van der Waals surface area contributed by atoms with Gasteiger partial charge < -0.3 is 5.21 Å². The summed E-state index contributed by atoms with van der Waals surface area (Å²) in [5.41, 5.74) is 4.92. The molecule has 2 nitrogen and oxygen atoms in total. The van der Waals surface area contributed by atoms with Crippen molar-refractivity contribution in [2.24, 2.45) is 0 Å². The Morgan fingerprint density at radius 3 is 1.55 bits per heavy atom. The van der Waals surface area contributed by atoms with E-state index >= 15 is 0 Å². The van der Waals surface area contributed by atoms with E-state index in [0.717, 1.165) is 24.0 Å². The van der Waals surface area contributed by atoms with E-state index in [9.17, 15) is 5.21 Å². The van der Waals surface area contributed by atoms with Crippen LogP contribution in [0.2, 0.25) is 0 Å². The first-order valence-corrected chi connectivity index (χ1v) is 7.30. The van der Waals surface area contributed by atoms with Crippen molar-refractivity contribution in [2.45, 2.75) is 39.8 Å². The highest BCUT2D eigenvalue weighted by Crippen LogP contribution is 2.12. The van der Waals surface area contributed by atoms with Gasteiger partial charge in [-0.3, -0.25) is 0 Å². The van der Waals surface area contributed by atoms with E-state index in [1.54, 1.807) is 0 Å². The largest absolute Gasteiger partial charge is 0.313 e. The third kappa shape index (κ3) is 4.19.